The third kappa shape index (κ3) is 8.85. The maximum atomic E-state index is 5.89. The Labute approximate surface area is 94.5 Å². The van der Waals surface area contributed by atoms with Gasteiger partial charge in [0.25, 0.3) is 0 Å². The summed E-state index contributed by atoms with van der Waals surface area (Å²) in [5.41, 5.74) is 0. The molecule has 0 aromatic heterocycles. The smallest absolute Gasteiger partial charge is 0.0784 e. The first-order valence-electron chi connectivity index (χ1n) is 6.09. The molecule has 0 aromatic rings. The average molecular weight is 217 g/mol. The summed E-state index contributed by atoms with van der Waals surface area (Å²) in [6.07, 6.45) is 3.97. The summed E-state index contributed by atoms with van der Waals surface area (Å²) in [6.45, 7) is 9.13. The summed E-state index contributed by atoms with van der Waals surface area (Å²) >= 11 is 0. The molecule has 0 heterocycles. The van der Waals surface area contributed by atoms with Crippen LogP contribution in [0.3, 0.4) is 0 Å². The molecule has 0 aromatic carbocycles. The number of rotatable bonds is 10. The second-order valence-corrected chi connectivity index (χ2v) is 4.02. The third-order valence-corrected chi connectivity index (χ3v) is 2.24. The van der Waals surface area contributed by atoms with Gasteiger partial charge in [-0.3, -0.25) is 0 Å². The SMILES string of the molecule is CCCNCC(CCC)OC(C)COC. The lowest BCUT2D eigenvalue weighted by Gasteiger charge is -2.22. The Morgan fingerprint density at radius 1 is 1.20 bits per heavy atom. The van der Waals surface area contributed by atoms with Gasteiger partial charge in [0.2, 0.25) is 0 Å². The lowest BCUT2D eigenvalue weighted by molar-refractivity contribution is -0.0408. The van der Waals surface area contributed by atoms with Crippen molar-refractivity contribution in [2.75, 3.05) is 26.8 Å². The molecule has 0 radical (unpaired) electrons. The molecule has 15 heavy (non-hydrogen) atoms. The van der Waals surface area contributed by atoms with Crippen molar-refractivity contribution in [2.24, 2.45) is 0 Å². The fourth-order valence-electron chi connectivity index (χ4n) is 1.58. The second kappa shape index (κ2) is 10.4. The molecule has 92 valence electrons. The van der Waals surface area contributed by atoms with Crippen LogP contribution in [0.25, 0.3) is 0 Å². The highest BCUT2D eigenvalue weighted by Gasteiger charge is 2.11. The predicted molar refractivity (Wildman–Crippen MR) is 64.3 cm³/mol. The molecule has 2 unspecified atom stereocenters. The summed E-state index contributed by atoms with van der Waals surface area (Å²) < 4.78 is 11.0. The zero-order chi connectivity index (χ0) is 11.5. The summed E-state index contributed by atoms with van der Waals surface area (Å²) in [4.78, 5) is 0. The normalized spacial score (nSPS) is 15.2. The van der Waals surface area contributed by atoms with Crippen molar-refractivity contribution >= 4 is 0 Å². The molecule has 0 spiro atoms. The molecular formula is C12H27NO2. The van der Waals surface area contributed by atoms with Crippen molar-refractivity contribution in [3.05, 3.63) is 0 Å². The van der Waals surface area contributed by atoms with Crippen molar-refractivity contribution in [3.8, 4) is 0 Å². The van der Waals surface area contributed by atoms with E-state index in [1.807, 2.05) is 0 Å². The molecule has 1 N–H and O–H groups in total. The fraction of sp³-hybridized carbons (Fsp3) is 1.00. The minimum absolute atomic E-state index is 0.190. The Kier molecular flexibility index (Phi) is 10.3. The van der Waals surface area contributed by atoms with Crippen LogP contribution < -0.4 is 5.32 Å². The van der Waals surface area contributed by atoms with Crippen LogP contribution in [0.4, 0.5) is 0 Å². The van der Waals surface area contributed by atoms with Gasteiger partial charge in [0, 0.05) is 13.7 Å². The second-order valence-electron chi connectivity index (χ2n) is 4.02. The van der Waals surface area contributed by atoms with Crippen molar-refractivity contribution in [1.29, 1.82) is 0 Å². The first-order chi connectivity index (χ1) is 7.24. The van der Waals surface area contributed by atoms with Gasteiger partial charge in [-0.25, -0.2) is 0 Å². The van der Waals surface area contributed by atoms with Crippen LogP contribution in [0.2, 0.25) is 0 Å². The van der Waals surface area contributed by atoms with E-state index in [1.165, 1.54) is 6.42 Å². The Hall–Kier alpha value is -0.120. The summed E-state index contributed by atoms with van der Waals surface area (Å²) in [6, 6.07) is 0. The van der Waals surface area contributed by atoms with Crippen molar-refractivity contribution in [2.45, 2.75) is 52.2 Å². The van der Waals surface area contributed by atoms with Gasteiger partial charge >= 0.3 is 0 Å². The van der Waals surface area contributed by atoms with Crippen LogP contribution in [-0.2, 0) is 9.47 Å². The molecule has 0 aliphatic rings. The number of nitrogens with one attached hydrogen (secondary N) is 1. The molecule has 0 rings (SSSR count). The maximum absolute atomic E-state index is 5.89. The van der Waals surface area contributed by atoms with Crippen LogP contribution in [0.15, 0.2) is 0 Å². The van der Waals surface area contributed by atoms with Crippen LogP contribution in [0.5, 0.6) is 0 Å². The van der Waals surface area contributed by atoms with Gasteiger partial charge in [-0.1, -0.05) is 20.3 Å². The quantitative estimate of drug-likeness (QED) is 0.569. The van der Waals surface area contributed by atoms with Crippen molar-refractivity contribution < 1.29 is 9.47 Å². The highest BCUT2D eigenvalue weighted by atomic mass is 16.5. The minimum Gasteiger partial charge on any atom is -0.382 e. The van der Waals surface area contributed by atoms with E-state index >= 15 is 0 Å². The van der Waals surface area contributed by atoms with Gasteiger partial charge < -0.3 is 14.8 Å². The number of hydrogen-bond donors (Lipinski definition) is 1. The molecule has 0 bridgehead atoms. The fourth-order valence-corrected chi connectivity index (χ4v) is 1.58. The summed E-state index contributed by atoms with van der Waals surface area (Å²) in [7, 11) is 1.71. The Morgan fingerprint density at radius 3 is 2.47 bits per heavy atom. The molecule has 0 saturated carbocycles. The Balaban J connectivity index is 3.70. The minimum atomic E-state index is 0.190. The van der Waals surface area contributed by atoms with Crippen LogP contribution in [0.1, 0.15) is 40.0 Å². The first kappa shape index (κ1) is 14.9. The van der Waals surface area contributed by atoms with Gasteiger partial charge in [0.1, 0.15) is 0 Å². The van der Waals surface area contributed by atoms with Crippen LogP contribution in [-0.4, -0.2) is 39.0 Å². The summed E-state index contributed by atoms with van der Waals surface area (Å²) in [5.74, 6) is 0. The average Bonchev–Trinajstić information content (AvgIpc) is 2.18. The van der Waals surface area contributed by atoms with E-state index in [4.69, 9.17) is 9.47 Å². The van der Waals surface area contributed by atoms with E-state index < -0.39 is 0 Å². The van der Waals surface area contributed by atoms with Gasteiger partial charge in [-0.15, -0.1) is 0 Å². The standard InChI is InChI=1S/C12H27NO2/c1-5-7-12(9-13-8-6-2)15-11(3)10-14-4/h11-13H,5-10H2,1-4H3. The summed E-state index contributed by atoms with van der Waals surface area (Å²) in [5, 5.41) is 3.40. The molecular weight excluding hydrogens is 190 g/mol. The zero-order valence-corrected chi connectivity index (χ0v) is 10.7. The van der Waals surface area contributed by atoms with E-state index in [2.05, 4.69) is 26.1 Å². The third-order valence-electron chi connectivity index (χ3n) is 2.24. The number of hydrogen-bond acceptors (Lipinski definition) is 3. The van der Waals surface area contributed by atoms with Crippen LogP contribution in [0, 0.1) is 0 Å². The lowest BCUT2D eigenvalue weighted by atomic mass is 10.2. The Morgan fingerprint density at radius 2 is 1.93 bits per heavy atom. The highest BCUT2D eigenvalue weighted by Crippen LogP contribution is 2.05. The molecule has 0 saturated heterocycles. The molecule has 0 fully saturated rings. The van der Waals surface area contributed by atoms with Gasteiger partial charge in [-0.2, -0.15) is 0 Å². The van der Waals surface area contributed by atoms with Crippen LogP contribution >= 0.6 is 0 Å². The first-order valence-corrected chi connectivity index (χ1v) is 6.09. The monoisotopic (exact) mass is 217 g/mol. The van der Waals surface area contributed by atoms with E-state index in [0.717, 1.165) is 25.9 Å². The molecule has 3 nitrogen and oxygen atoms in total. The van der Waals surface area contributed by atoms with Gasteiger partial charge in [-0.05, 0) is 26.3 Å². The lowest BCUT2D eigenvalue weighted by Crippen LogP contribution is -2.33. The largest absolute Gasteiger partial charge is 0.382 e. The number of methoxy groups -OCH3 is 1. The van der Waals surface area contributed by atoms with E-state index in [9.17, 15) is 0 Å². The number of ether oxygens (including phenoxy) is 2. The maximum Gasteiger partial charge on any atom is 0.0784 e. The molecule has 2 atom stereocenters. The topological polar surface area (TPSA) is 30.5 Å². The molecule has 0 amide bonds. The van der Waals surface area contributed by atoms with Crippen molar-refractivity contribution in [3.63, 3.8) is 0 Å². The molecule has 0 aliphatic carbocycles. The van der Waals surface area contributed by atoms with Gasteiger partial charge in [0.05, 0.1) is 18.8 Å². The molecule has 0 aliphatic heterocycles. The van der Waals surface area contributed by atoms with Crippen molar-refractivity contribution in [1.82, 2.24) is 5.32 Å². The van der Waals surface area contributed by atoms with E-state index in [-0.39, 0.29) is 6.10 Å². The Bertz CT molecular complexity index is 131. The van der Waals surface area contributed by atoms with Gasteiger partial charge in [0.15, 0.2) is 0 Å². The van der Waals surface area contributed by atoms with E-state index in [1.54, 1.807) is 7.11 Å². The van der Waals surface area contributed by atoms with E-state index in [0.29, 0.717) is 12.7 Å². The predicted octanol–water partition coefficient (Wildman–Crippen LogP) is 2.21. The molecule has 3 heteroatoms. The zero-order valence-electron chi connectivity index (χ0n) is 10.7. The highest BCUT2D eigenvalue weighted by molar-refractivity contribution is 4.63.